The van der Waals surface area contributed by atoms with Crippen molar-refractivity contribution in [2.45, 2.75) is 26.1 Å². The summed E-state index contributed by atoms with van der Waals surface area (Å²) in [5, 5.41) is 16.1. The third kappa shape index (κ3) is 4.45. The van der Waals surface area contributed by atoms with E-state index in [4.69, 9.17) is 33.4 Å². The van der Waals surface area contributed by atoms with Crippen LogP contribution >= 0.6 is 23.2 Å². The largest absolute Gasteiger partial charge is 0.479 e. The van der Waals surface area contributed by atoms with E-state index >= 15 is 0 Å². The van der Waals surface area contributed by atoms with E-state index in [2.05, 4.69) is 9.68 Å². The number of hydroxylamine groups is 2. The van der Waals surface area contributed by atoms with Crippen LogP contribution in [0.3, 0.4) is 0 Å². The first-order chi connectivity index (χ1) is 11.1. The smallest absolute Gasteiger partial charge is 0.335 e. The van der Waals surface area contributed by atoms with Gasteiger partial charge in [0.05, 0.1) is 0 Å². The molecule has 12 heteroatoms. The van der Waals surface area contributed by atoms with Crippen LogP contribution in [-0.2, 0) is 28.9 Å². The van der Waals surface area contributed by atoms with Gasteiger partial charge in [-0.2, -0.15) is 0 Å². The van der Waals surface area contributed by atoms with Crippen LogP contribution in [0.4, 0.5) is 0 Å². The number of ketones is 2. The van der Waals surface area contributed by atoms with Crippen molar-refractivity contribution in [1.29, 1.82) is 0 Å². The summed E-state index contributed by atoms with van der Waals surface area (Å²) in [6, 6.07) is 0. The second kappa shape index (κ2) is 8.11. The summed E-state index contributed by atoms with van der Waals surface area (Å²) in [7, 11) is 0. The first-order valence-corrected chi connectivity index (χ1v) is 7.01. The van der Waals surface area contributed by atoms with Crippen LogP contribution in [0.1, 0.15) is 13.8 Å². The highest BCUT2D eigenvalue weighted by Gasteiger charge is 2.35. The summed E-state index contributed by atoms with van der Waals surface area (Å²) in [4.78, 5) is 54.8. The van der Waals surface area contributed by atoms with E-state index < -0.39 is 57.2 Å². The third-order valence-electron chi connectivity index (χ3n) is 2.66. The van der Waals surface area contributed by atoms with E-state index in [-0.39, 0.29) is 0 Å². The molecule has 0 spiro atoms. The first kappa shape index (κ1) is 19.9. The second-order valence-corrected chi connectivity index (χ2v) is 5.19. The SMILES string of the molecule is CC(ONC1=C(Cl)C(=O)C(NOC(C)C(=O)O)=C(Cl)C1=O)C(=O)O. The fourth-order valence-corrected chi connectivity index (χ4v) is 1.66. The van der Waals surface area contributed by atoms with Gasteiger partial charge < -0.3 is 10.2 Å². The molecule has 0 aliphatic heterocycles. The number of hydrogen-bond donors (Lipinski definition) is 4. The zero-order valence-electron chi connectivity index (χ0n) is 12.3. The molecule has 1 aliphatic rings. The lowest BCUT2D eigenvalue weighted by Crippen LogP contribution is -2.37. The summed E-state index contributed by atoms with van der Waals surface area (Å²) in [6.45, 7) is 2.34. The Labute approximate surface area is 144 Å². The number of carboxylic acid groups (broad SMARTS) is 2. The third-order valence-corrected chi connectivity index (χ3v) is 3.38. The Morgan fingerprint density at radius 1 is 0.875 bits per heavy atom. The van der Waals surface area contributed by atoms with Crippen LogP contribution in [0.25, 0.3) is 0 Å². The normalized spacial score (nSPS) is 17.7. The maximum Gasteiger partial charge on any atom is 0.335 e. The second-order valence-electron chi connectivity index (χ2n) is 4.44. The quantitative estimate of drug-likeness (QED) is 0.334. The molecule has 0 aromatic heterocycles. The molecule has 0 aromatic rings. The number of halogens is 2. The molecule has 1 aliphatic carbocycles. The molecule has 4 N–H and O–H groups in total. The molecule has 10 nitrogen and oxygen atoms in total. The standard InChI is InChI=1S/C12H12Cl2N2O8/c1-3(11(19)20)23-15-7-5(13)10(18)8(6(14)9(7)17)16-24-4(2)12(21)22/h3-4,15-16H,1-2H3,(H,19,20)(H,21,22). The molecule has 24 heavy (non-hydrogen) atoms. The monoisotopic (exact) mass is 382 g/mol. The van der Waals surface area contributed by atoms with E-state index in [9.17, 15) is 19.2 Å². The predicted molar refractivity (Wildman–Crippen MR) is 78.4 cm³/mol. The highest BCUT2D eigenvalue weighted by Crippen LogP contribution is 2.27. The zero-order chi connectivity index (χ0) is 18.6. The molecule has 1 rings (SSSR count). The van der Waals surface area contributed by atoms with Crippen molar-refractivity contribution in [1.82, 2.24) is 11.0 Å². The van der Waals surface area contributed by atoms with Gasteiger partial charge in [-0.15, -0.1) is 0 Å². The minimum Gasteiger partial charge on any atom is -0.479 e. The summed E-state index contributed by atoms with van der Waals surface area (Å²) < 4.78 is 0. The highest BCUT2D eigenvalue weighted by atomic mass is 35.5. The lowest BCUT2D eigenvalue weighted by Gasteiger charge is -2.20. The average molecular weight is 383 g/mol. The van der Waals surface area contributed by atoms with Crippen molar-refractivity contribution in [3.63, 3.8) is 0 Å². The minimum absolute atomic E-state index is 0.559. The molecular weight excluding hydrogens is 371 g/mol. The minimum atomic E-state index is -1.34. The van der Waals surface area contributed by atoms with Crippen LogP contribution in [-0.4, -0.2) is 45.9 Å². The van der Waals surface area contributed by atoms with Gasteiger partial charge in [0, 0.05) is 0 Å². The number of hydrogen-bond acceptors (Lipinski definition) is 8. The summed E-state index contributed by atoms with van der Waals surface area (Å²) in [5.74, 6) is -4.61. The molecule has 2 unspecified atom stereocenters. The number of Topliss-reactive ketones (excluding diaryl/α,β-unsaturated/α-hetero) is 2. The van der Waals surface area contributed by atoms with Crippen molar-refractivity contribution >= 4 is 46.7 Å². The zero-order valence-corrected chi connectivity index (χ0v) is 13.8. The molecule has 0 fully saturated rings. The van der Waals surface area contributed by atoms with Gasteiger partial charge in [-0.05, 0) is 13.8 Å². The van der Waals surface area contributed by atoms with Crippen molar-refractivity contribution in [3.8, 4) is 0 Å². The van der Waals surface area contributed by atoms with Gasteiger partial charge in [-0.3, -0.25) is 30.2 Å². The van der Waals surface area contributed by atoms with Gasteiger partial charge in [-0.1, -0.05) is 23.2 Å². The molecule has 0 aromatic carbocycles. The molecule has 0 amide bonds. The Hall–Kier alpha value is -2.14. The number of rotatable bonds is 8. The summed E-state index contributed by atoms with van der Waals surface area (Å²) >= 11 is 11.5. The van der Waals surface area contributed by atoms with Crippen molar-refractivity contribution < 1.29 is 39.1 Å². The van der Waals surface area contributed by atoms with E-state index in [0.717, 1.165) is 0 Å². The predicted octanol–water partition coefficient (Wildman–Crippen LogP) is 0.0276. The van der Waals surface area contributed by atoms with Gasteiger partial charge >= 0.3 is 11.9 Å². The molecule has 0 heterocycles. The van der Waals surface area contributed by atoms with E-state index in [1.54, 1.807) is 0 Å². The summed E-state index contributed by atoms with van der Waals surface area (Å²) in [5.41, 5.74) is 2.85. The number of carboxylic acids is 2. The van der Waals surface area contributed by atoms with Crippen LogP contribution in [0.2, 0.25) is 0 Å². The van der Waals surface area contributed by atoms with Gasteiger partial charge in [0.25, 0.3) is 0 Å². The Bertz CT molecular complexity index is 601. The molecule has 2 atom stereocenters. The average Bonchev–Trinajstić information content (AvgIpc) is 2.52. The van der Waals surface area contributed by atoms with Crippen molar-refractivity contribution in [2.24, 2.45) is 0 Å². The number of carbonyl (C=O) groups is 4. The molecule has 0 saturated heterocycles. The highest BCUT2D eigenvalue weighted by molar-refractivity contribution is 6.55. The Balaban J connectivity index is 2.92. The van der Waals surface area contributed by atoms with Crippen LogP contribution in [0.5, 0.6) is 0 Å². The first-order valence-electron chi connectivity index (χ1n) is 6.25. The topological polar surface area (TPSA) is 151 Å². The lowest BCUT2D eigenvalue weighted by atomic mass is 10.1. The number of aliphatic carboxylic acids is 2. The van der Waals surface area contributed by atoms with Crippen molar-refractivity contribution in [3.05, 3.63) is 21.5 Å². The van der Waals surface area contributed by atoms with E-state index in [1.165, 1.54) is 13.8 Å². The molecular formula is C12H12Cl2N2O8. The number of nitrogens with one attached hydrogen (secondary N) is 2. The number of allylic oxidation sites excluding steroid dienone is 2. The van der Waals surface area contributed by atoms with Crippen molar-refractivity contribution in [2.75, 3.05) is 0 Å². The van der Waals surface area contributed by atoms with Crippen LogP contribution < -0.4 is 11.0 Å². The molecule has 0 radical (unpaired) electrons. The maximum atomic E-state index is 12.1. The van der Waals surface area contributed by atoms with Gasteiger partial charge in [0.15, 0.2) is 12.2 Å². The molecule has 0 bridgehead atoms. The fourth-order valence-electron chi connectivity index (χ4n) is 1.22. The summed E-state index contributed by atoms with van der Waals surface area (Å²) in [6.07, 6.45) is -2.68. The Kier molecular flexibility index (Phi) is 6.72. The fraction of sp³-hybridized carbons (Fsp3) is 0.333. The van der Waals surface area contributed by atoms with Gasteiger partial charge in [0.2, 0.25) is 11.6 Å². The Morgan fingerprint density at radius 3 is 1.42 bits per heavy atom. The Morgan fingerprint density at radius 2 is 1.17 bits per heavy atom. The molecule has 132 valence electrons. The lowest BCUT2D eigenvalue weighted by molar-refractivity contribution is -0.154. The van der Waals surface area contributed by atoms with E-state index in [0.29, 0.717) is 0 Å². The van der Waals surface area contributed by atoms with Gasteiger partial charge in [-0.25, -0.2) is 9.59 Å². The molecule has 0 saturated carbocycles. The maximum absolute atomic E-state index is 12.1. The van der Waals surface area contributed by atoms with Crippen LogP contribution in [0.15, 0.2) is 21.5 Å². The van der Waals surface area contributed by atoms with Gasteiger partial charge in [0.1, 0.15) is 21.5 Å². The number of carbonyl (C=O) groups excluding carboxylic acids is 2. The van der Waals surface area contributed by atoms with Crippen LogP contribution in [0, 0.1) is 0 Å². The van der Waals surface area contributed by atoms with E-state index in [1.807, 2.05) is 11.0 Å².